The van der Waals surface area contributed by atoms with Gasteiger partial charge in [0, 0.05) is 38.3 Å². The first-order chi connectivity index (χ1) is 11.2. The van der Waals surface area contributed by atoms with Crippen LogP contribution >= 0.6 is 0 Å². The molecule has 1 aromatic carbocycles. The lowest BCUT2D eigenvalue weighted by Crippen LogP contribution is -2.29. The van der Waals surface area contributed by atoms with Crippen molar-refractivity contribution in [3.63, 3.8) is 0 Å². The van der Waals surface area contributed by atoms with Crippen molar-refractivity contribution in [2.45, 2.75) is 32.5 Å². The van der Waals surface area contributed by atoms with E-state index in [1.54, 1.807) is 12.1 Å². The van der Waals surface area contributed by atoms with Crippen LogP contribution in [0.5, 0.6) is 0 Å². The summed E-state index contributed by atoms with van der Waals surface area (Å²) < 4.78 is 13.0. The zero-order chi connectivity index (χ0) is 15.8. The van der Waals surface area contributed by atoms with Crippen molar-refractivity contribution in [2.24, 2.45) is 0 Å². The molecule has 3 heterocycles. The van der Waals surface area contributed by atoms with Gasteiger partial charge >= 0.3 is 0 Å². The Morgan fingerprint density at radius 3 is 2.65 bits per heavy atom. The summed E-state index contributed by atoms with van der Waals surface area (Å²) in [4.78, 5) is 16.7. The number of nitrogens with zero attached hydrogens (tertiary/aromatic N) is 3. The first-order valence-electron chi connectivity index (χ1n) is 8.03. The molecule has 1 amide bonds. The number of hydrogen-bond donors (Lipinski definition) is 1. The number of carbonyl (C=O) groups is 1. The molecule has 4 rings (SSSR count). The number of halogens is 1. The van der Waals surface area contributed by atoms with E-state index in [1.165, 1.54) is 12.1 Å². The summed E-state index contributed by atoms with van der Waals surface area (Å²) in [5, 5.41) is 7.26. The van der Waals surface area contributed by atoms with E-state index in [2.05, 4.69) is 15.1 Å². The molecule has 120 valence electrons. The van der Waals surface area contributed by atoms with E-state index in [4.69, 9.17) is 0 Å². The monoisotopic (exact) mass is 314 g/mol. The van der Waals surface area contributed by atoms with Crippen molar-refractivity contribution in [2.75, 3.05) is 13.1 Å². The maximum Gasteiger partial charge on any atom is 0.274 e. The highest BCUT2D eigenvalue weighted by Crippen LogP contribution is 2.27. The molecule has 0 unspecified atom stereocenters. The van der Waals surface area contributed by atoms with Gasteiger partial charge in [-0.2, -0.15) is 5.10 Å². The maximum atomic E-state index is 13.0. The molecule has 5 nitrogen and oxygen atoms in total. The second-order valence-electron chi connectivity index (χ2n) is 6.30. The van der Waals surface area contributed by atoms with Crippen molar-refractivity contribution < 1.29 is 9.18 Å². The molecule has 1 N–H and O–H groups in total. The van der Waals surface area contributed by atoms with Gasteiger partial charge in [-0.1, -0.05) is 12.1 Å². The van der Waals surface area contributed by atoms with Gasteiger partial charge in [-0.05, 0) is 30.5 Å². The summed E-state index contributed by atoms with van der Waals surface area (Å²) in [6.45, 7) is 3.85. The number of nitrogens with one attached hydrogen (secondary N) is 1. The van der Waals surface area contributed by atoms with Crippen molar-refractivity contribution in [3.05, 3.63) is 52.6 Å². The molecule has 0 aliphatic carbocycles. The van der Waals surface area contributed by atoms with E-state index in [0.29, 0.717) is 12.2 Å². The lowest BCUT2D eigenvalue weighted by atomic mass is 10.2. The van der Waals surface area contributed by atoms with Crippen LogP contribution in [0.3, 0.4) is 0 Å². The summed E-state index contributed by atoms with van der Waals surface area (Å²) in [5.74, 6) is -0.174. The van der Waals surface area contributed by atoms with Crippen LogP contribution in [0.4, 0.5) is 4.39 Å². The molecule has 2 aliphatic heterocycles. The van der Waals surface area contributed by atoms with E-state index in [9.17, 15) is 9.18 Å². The van der Waals surface area contributed by atoms with Gasteiger partial charge in [-0.3, -0.25) is 14.8 Å². The first-order valence-corrected chi connectivity index (χ1v) is 8.03. The van der Waals surface area contributed by atoms with Gasteiger partial charge in [0.1, 0.15) is 5.82 Å². The Balaban J connectivity index is 1.47. The van der Waals surface area contributed by atoms with Crippen LogP contribution in [-0.2, 0) is 19.6 Å². The Morgan fingerprint density at radius 2 is 1.91 bits per heavy atom. The smallest absolute Gasteiger partial charge is 0.274 e. The van der Waals surface area contributed by atoms with Crippen LogP contribution in [0.1, 0.15) is 40.2 Å². The summed E-state index contributed by atoms with van der Waals surface area (Å²) in [6.07, 6.45) is 2.16. The summed E-state index contributed by atoms with van der Waals surface area (Å²) >= 11 is 0. The van der Waals surface area contributed by atoms with Crippen molar-refractivity contribution in [3.8, 4) is 0 Å². The van der Waals surface area contributed by atoms with E-state index in [0.717, 1.165) is 55.8 Å². The van der Waals surface area contributed by atoms with Crippen LogP contribution in [0.2, 0.25) is 0 Å². The number of amides is 1. The molecule has 0 saturated carbocycles. The number of H-pyrrole nitrogens is 1. The Kier molecular flexibility index (Phi) is 3.61. The third-order valence-electron chi connectivity index (χ3n) is 4.63. The Labute approximate surface area is 134 Å². The molecule has 0 bridgehead atoms. The van der Waals surface area contributed by atoms with Gasteiger partial charge in [0.2, 0.25) is 0 Å². The molecule has 1 fully saturated rings. The molecule has 1 aromatic heterocycles. The quantitative estimate of drug-likeness (QED) is 0.946. The Bertz CT molecular complexity index is 719. The molecular weight excluding hydrogens is 295 g/mol. The van der Waals surface area contributed by atoms with Gasteiger partial charge in [-0.25, -0.2) is 4.39 Å². The Hall–Kier alpha value is -2.21. The molecule has 0 spiro atoms. The van der Waals surface area contributed by atoms with Gasteiger partial charge in [-0.15, -0.1) is 0 Å². The predicted molar refractivity (Wildman–Crippen MR) is 83.1 cm³/mol. The number of aromatic amines is 1. The molecule has 23 heavy (non-hydrogen) atoms. The normalized spacial score (nSPS) is 17.7. The maximum absolute atomic E-state index is 13.0. The number of benzene rings is 1. The number of hydrogen-bond acceptors (Lipinski definition) is 3. The van der Waals surface area contributed by atoms with Gasteiger partial charge in [0.15, 0.2) is 5.69 Å². The lowest BCUT2D eigenvalue weighted by molar-refractivity contribution is 0.0785. The topological polar surface area (TPSA) is 52.2 Å². The minimum Gasteiger partial charge on any atom is -0.337 e. The highest BCUT2D eigenvalue weighted by Gasteiger charge is 2.30. The standard InChI is InChI=1S/C17H19FN4O/c18-13-5-3-12(4-6-13)9-21-10-14-15(11-21)19-20-16(14)17(23)22-7-1-2-8-22/h3-6H,1-2,7-11H2,(H,19,20). The van der Waals surface area contributed by atoms with Crippen LogP contribution < -0.4 is 0 Å². The fourth-order valence-electron chi connectivity index (χ4n) is 3.41. The summed E-state index contributed by atoms with van der Waals surface area (Å²) in [7, 11) is 0. The Morgan fingerprint density at radius 1 is 1.17 bits per heavy atom. The van der Waals surface area contributed by atoms with Crippen LogP contribution in [-0.4, -0.2) is 39.0 Å². The highest BCUT2D eigenvalue weighted by atomic mass is 19.1. The van der Waals surface area contributed by atoms with Crippen LogP contribution in [0.15, 0.2) is 24.3 Å². The number of aromatic nitrogens is 2. The fourth-order valence-corrected chi connectivity index (χ4v) is 3.41. The van der Waals surface area contributed by atoms with Crippen LogP contribution in [0, 0.1) is 5.82 Å². The highest BCUT2D eigenvalue weighted by molar-refractivity contribution is 5.94. The van der Waals surface area contributed by atoms with Crippen molar-refractivity contribution in [1.29, 1.82) is 0 Å². The average molecular weight is 314 g/mol. The zero-order valence-electron chi connectivity index (χ0n) is 12.9. The van der Waals surface area contributed by atoms with E-state index >= 15 is 0 Å². The van der Waals surface area contributed by atoms with Crippen molar-refractivity contribution in [1.82, 2.24) is 20.0 Å². The molecule has 0 atom stereocenters. The summed E-state index contributed by atoms with van der Waals surface area (Å²) in [6, 6.07) is 6.57. The second-order valence-corrected chi connectivity index (χ2v) is 6.30. The molecule has 2 aliphatic rings. The molecule has 2 aromatic rings. The third kappa shape index (κ3) is 2.74. The third-order valence-corrected chi connectivity index (χ3v) is 4.63. The summed E-state index contributed by atoms with van der Waals surface area (Å²) in [5.41, 5.74) is 3.68. The number of carbonyl (C=O) groups excluding carboxylic acids is 1. The van der Waals surface area contributed by atoms with E-state index in [-0.39, 0.29) is 11.7 Å². The zero-order valence-corrected chi connectivity index (χ0v) is 12.9. The average Bonchev–Trinajstić information content (AvgIpc) is 3.25. The largest absolute Gasteiger partial charge is 0.337 e. The van der Waals surface area contributed by atoms with E-state index in [1.807, 2.05) is 4.90 Å². The molecule has 1 saturated heterocycles. The minimum absolute atomic E-state index is 0.0450. The lowest BCUT2D eigenvalue weighted by Gasteiger charge is -2.16. The first kappa shape index (κ1) is 14.4. The predicted octanol–water partition coefficient (Wildman–Crippen LogP) is 2.30. The number of fused-ring (bicyclic) bond motifs is 1. The number of likely N-dealkylation sites (tertiary alicyclic amines) is 1. The SMILES string of the molecule is O=C(c1n[nH]c2c1CN(Cc1ccc(F)cc1)C2)N1CCCC1. The molecule has 0 radical (unpaired) electrons. The molecular formula is C17H19FN4O. The minimum atomic E-state index is -0.219. The van der Waals surface area contributed by atoms with Crippen LogP contribution in [0.25, 0.3) is 0 Å². The molecule has 6 heteroatoms. The van der Waals surface area contributed by atoms with Crippen molar-refractivity contribution >= 4 is 5.91 Å². The number of rotatable bonds is 3. The van der Waals surface area contributed by atoms with Gasteiger partial charge in [0.05, 0.1) is 5.69 Å². The van der Waals surface area contributed by atoms with Gasteiger partial charge in [0.25, 0.3) is 5.91 Å². The van der Waals surface area contributed by atoms with E-state index < -0.39 is 0 Å². The second kappa shape index (κ2) is 5.77. The fraction of sp³-hybridized carbons (Fsp3) is 0.412. The van der Waals surface area contributed by atoms with Gasteiger partial charge < -0.3 is 4.90 Å².